The molecule has 0 bridgehead atoms. The van der Waals surface area contributed by atoms with Crippen molar-refractivity contribution >= 4 is 0 Å². The van der Waals surface area contributed by atoms with Gasteiger partial charge in [-0.15, -0.1) is 0 Å². The van der Waals surface area contributed by atoms with Crippen molar-refractivity contribution in [3.05, 3.63) is 35.4 Å². The summed E-state index contributed by atoms with van der Waals surface area (Å²) < 4.78 is 26.1. The van der Waals surface area contributed by atoms with E-state index in [2.05, 4.69) is 12.2 Å². The molecule has 0 spiro atoms. The maximum Gasteiger partial charge on any atom is 0.126 e. The van der Waals surface area contributed by atoms with E-state index in [4.69, 9.17) is 0 Å². The highest BCUT2D eigenvalue weighted by molar-refractivity contribution is 5.18. The standard InChI is InChI=1S/C12H17F2N/c1-9(8-15-2)3-4-10-7-11(13)5-6-12(10)14/h5-7,9,15H,3-4,8H2,1-2H3. The van der Waals surface area contributed by atoms with Crippen LogP contribution in [-0.2, 0) is 6.42 Å². The first-order valence-electron chi connectivity index (χ1n) is 5.22. The van der Waals surface area contributed by atoms with Gasteiger partial charge in [-0.3, -0.25) is 0 Å². The summed E-state index contributed by atoms with van der Waals surface area (Å²) >= 11 is 0. The normalized spacial score (nSPS) is 12.8. The lowest BCUT2D eigenvalue weighted by atomic mass is 10.0. The summed E-state index contributed by atoms with van der Waals surface area (Å²) in [6, 6.07) is 3.62. The van der Waals surface area contributed by atoms with Gasteiger partial charge in [0.05, 0.1) is 0 Å². The molecule has 1 nitrogen and oxygen atoms in total. The van der Waals surface area contributed by atoms with Crippen LogP contribution in [0.25, 0.3) is 0 Å². The fourth-order valence-corrected chi connectivity index (χ4v) is 1.59. The highest BCUT2D eigenvalue weighted by atomic mass is 19.1. The van der Waals surface area contributed by atoms with E-state index in [1.807, 2.05) is 7.05 Å². The maximum atomic E-state index is 13.2. The topological polar surface area (TPSA) is 12.0 Å². The third-order valence-corrected chi connectivity index (χ3v) is 2.47. The lowest BCUT2D eigenvalue weighted by Gasteiger charge is -2.10. The van der Waals surface area contributed by atoms with Crippen molar-refractivity contribution in [2.24, 2.45) is 5.92 Å². The fourth-order valence-electron chi connectivity index (χ4n) is 1.59. The van der Waals surface area contributed by atoms with Crippen LogP contribution in [0.1, 0.15) is 18.9 Å². The summed E-state index contributed by atoms with van der Waals surface area (Å²) in [6.45, 7) is 2.99. The summed E-state index contributed by atoms with van der Waals surface area (Å²) in [5, 5.41) is 3.06. The van der Waals surface area contributed by atoms with Gasteiger partial charge in [0.1, 0.15) is 11.6 Å². The number of hydrogen-bond donors (Lipinski definition) is 1. The Kier molecular flexibility index (Phi) is 4.69. The zero-order chi connectivity index (χ0) is 11.3. The van der Waals surface area contributed by atoms with Crippen molar-refractivity contribution in [1.29, 1.82) is 0 Å². The van der Waals surface area contributed by atoms with Gasteiger partial charge in [0.15, 0.2) is 0 Å². The van der Waals surface area contributed by atoms with E-state index in [-0.39, 0.29) is 11.6 Å². The van der Waals surface area contributed by atoms with E-state index in [1.165, 1.54) is 12.1 Å². The Morgan fingerprint density at radius 1 is 1.33 bits per heavy atom. The summed E-state index contributed by atoms with van der Waals surface area (Å²) in [4.78, 5) is 0. The van der Waals surface area contributed by atoms with Crippen molar-refractivity contribution in [3.63, 3.8) is 0 Å². The fraction of sp³-hybridized carbons (Fsp3) is 0.500. The minimum atomic E-state index is -0.368. The van der Waals surface area contributed by atoms with Gasteiger partial charge in [-0.1, -0.05) is 6.92 Å². The van der Waals surface area contributed by atoms with Gasteiger partial charge < -0.3 is 5.32 Å². The van der Waals surface area contributed by atoms with Gasteiger partial charge >= 0.3 is 0 Å². The number of benzene rings is 1. The summed E-state index contributed by atoms with van der Waals surface area (Å²) in [5.74, 6) is -0.210. The Morgan fingerprint density at radius 2 is 2.07 bits per heavy atom. The van der Waals surface area contributed by atoms with Crippen LogP contribution in [0.15, 0.2) is 18.2 Å². The predicted octanol–water partition coefficient (Wildman–Crippen LogP) is 2.75. The second-order valence-corrected chi connectivity index (χ2v) is 3.94. The van der Waals surface area contributed by atoms with Crippen molar-refractivity contribution in [3.8, 4) is 0 Å². The highest BCUT2D eigenvalue weighted by Crippen LogP contribution is 2.14. The quantitative estimate of drug-likeness (QED) is 0.793. The van der Waals surface area contributed by atoms with Gasteiger partial charge in [0, 0.05) is 0 Å². The first kappa shape index (κ1) is 12.1. The largest absolute Gasteiger partial charge is 0.319 e. The monoisotopic (exact) mass is 213 g/mol. The number of nitrogens with one attached hydrogen (secondary N) is 1. The first-order chi connectivity index (χ1) is 7.13. The summed E-state index contributed by atoms with van der Waals surface area (Å²) in [6.07, 6.45) is 1.45. The Morgan fingerprint density at radius 3 is 2.73 bits per heavy atom. The predicted molar refractivity (Wildman–Crippen MR) is 57.8 cm³/mol. The molecular formula is C12H17F2N. The third kappa shape index (κ3) is 3.96. The average Bonchev–Trinajstić information content (AvgIpc) is 2.20. The second-order valence-electron chi connectivity index (χ2n) is 3.94. The van der Waals surface area contributed by atoms with Crippen molar-refractivity contribution in [2.75, 3.05) is 13.6 Å². The molecule has 1 aromatic carbocycles. The maximum absolute atomic E-state index is 13.2. The lowest BCUT2D eigenvalue weighted by Crippen LogP contribution is -2.16. The zero-order valence-electron chi connectivity index (χ0n) is 9.19. The molecule has 0 radical (unpaired) electrons. The number of halogens is 2. The number of aryl methyl sites for hydroxylation is 1. The molecule has 0 heterocycles. The minimum absolute atomic E-state index is 0.312. The van der Waals surface area contributed by atoms with Crippen LogP contribution in [-0.4, -0.2) is 13.6 Å². The van der Waals surface area contributed by atoms with Crippen LogP contribution in [0, 0.1) is 17.6 Å². The summed E-state index contributed by atoms with van der Waals surface area (Å²) in [7, 11) is 1.89. The van der Waals surface area contributed by atoms with Crippen molar-refractivity contribution < 1.29 is 8.78 Å². The molecule has 0 fully saturated rings. The highest BCUT2D eigenvalue weighted by Gasteiger charge is 2.06. The van der Waals surface area contributed by atoms with Gasteiger partial charge in [-0.25, -0.2) is 8.78 Å². The molecule has 1 unspecified atom stereocenters. The van der Waals surface area contributed by atoms with Crippen LogP contribution in [0.2, 0.25) is 0 Å². The Hall–Kier alpha value is -0.960. The molecule has 0 aliphatic heterocycles. The molecule has 15 heavy (non-hydrogen) atoms. The Bertz CT molecular complexity index is 312. The molecule has 0 aliphatic rings. The molecule has 1 rings (SSSR count). The van der Waals surface area contributed by atoms with E-state index in [1.54, 1.807) is 0 Å². The van der Waals surface area contributed by atoms with Crippen molar-refractivity contribution in [2.45, 2.75) is 19.8 Å². The van der Waals surface area contributed by atoms with Gasteiger partial charge in [-0.05, 0) is 56.1 Å². The SMILES string of the molecule is CNCC(C)CCc1cc(F)ccc1F. The molecular weight excluding hydrogens is 196 g/mol. The summed E-state index contributed by atoms with van der Waals surface area (Å²) in [5.41, 5.74) is 0.470. The van der Waals surface area contributed by atoms with E-state index < -0.39 is 0 Å². The second kappa shape index (κ2) is 5.81. The van der Waals surface area contributed by atoms with E-state index in [0.29, 0.717) is 17.9 Å². The Labute approximate surface area is 89.5 Å². The van der Waals surface area contributed by atoms with Crippen LogP contribution in [0.5, 0.6) is 0 Å². The van der Waals surface area contributed by atoms with Gasteiger partial charge in [0.25, 0.3) is 0 Å². The number of hydrogen-bond acceptors (Lipinski definition) is 1. The van der Waals surface area contributed by atoms with E-state index >= 15 is 0 Å². The molecule has 0 saturated carbocycles. The number of rotatable bonds is 5. The van der Waals surface area contributed by atoms with Crippen LogP contribution < -0.4 is 5.32 Å². The third-order valence-electron chi connectivity index (χ3n) is 2.47. The first-order valence-corrected chi connectivity index (χ1v) is 5.22. The molecule has 84 valence electrons. The molecule has 1 atom stereocenters. The van der Waals surface area contributed by atoms with Crippen LogP contribution in [0.3, 0.4) is 0 Å². The zero-order valence-corrected chi connectivity index (χ0v) is 9.19. The lowest BCUT2D eigenvalue weighted by molar-refractivity contribution is 0.494. The van der Waals surface area contributed by atoms with E-state index in [9.17, 15) is 8.78 Å². The molecule has 1 N–H and O–H groups in total. The Balaban J connectivity index is 2.53. The van der Waals surface area contributed by atoms with Gasteiger partial charge in [0.2, 0.25) is 0 Å². The molecule has 0 aromatic heterocycles. The minimum Gasteiger partial charge on any atom is -0.319 e. The smallest absolute Gasteiger partial charge is 0.126 e. The molecule has 0 saturated heterocycles. The van der Waals surface area contributed by atoms with Crippen LogP contribution in [0.4, 0.5) is 8.78 Å². The molecule has 0 amide bonds. The molecule has 3 heteroatoms. The molecule has 0 aliphatic carbocycles. The van der Waals surface area contributed by atoms with Crippen molar-refractivity contribution in [1.82, 2.24) is 5.32 Å². The average molecular weight is 213 g/mol. The molecule has 1 aromatic rings. The van der Waals surface area contributed by atoms with E-state index in [0.717, 1.165) is 19.0 Å². The van der Waals surface area contributed by atoms with Crippen LogP contribution >= 0.6 is 0 Å². The van der Waals surface area contributed by atoms with Gasteiger partial charge in [-0.2, -0.15) is 0 Å².